The SMILES string of the molecule is CCCCCCCCCCCCCCCCCC(=O)NCCCOC1[C@@H](O)[C@@H](COC(c2ccccc2)(c2ccc(OC)cc2)c2ccc(OC)cc2)O[C@H]1n1ccc(=O)[nH]c1=O. The molecule has 1 aliphatic rings. The average molecular weight is 870 g/mol. The van der Waals surface area contributed by atoms with Crippen LogP contribution in [0, 0.1) is 0 Å². The maximum absolute atomic E-state index is 13.1. The lowest BCUT2D eigenvalue weighted by Crippen LogP contribution is -2.41. The van der Waals surface area contributed by atoms with Crippen LogP contribution < -0.4 is 26.0 Å². The molecule has 1 fully saturated rings. The predicted octanol–water partition coefficient (Wildman–Crippen LogP) is 8.97. The molecule has 0 aliphatic carbocycles. The Bertz CT molecular complexity index is 1950. The van der Waals surface area contributed by atoms with Crippen LogP contribution >= 0.6 is 0 Å². The first-order chi connectivity index (χ1) is 30.8. The number of aromatic amines is 1. The van der Waals surface area contributed by atoms with E-state index in [0.717, 1.165) is 36.0 Å². The van der Waals surface area contributed by atoms with Gasteiger partial charge < -0.3 is 34.1 Å². The molecule has 0 bridgehead atoms. The van der Waals surface area contributed by atoms with Gasteiger partial charge in [0, 0.05) is 31.8 Å². The summed E-state index contributed by atoms with van der Waals surface area (Å²) in [6.45, 7) is 2.73. The third-order valence-corrected chi connectivity index (χ3v) is 12.0. The zero-order chi connectivity index (χ0) is 44.7. The first kappa shape index (κ1) is 49.3. The van der Waals surface area contributed by atoms with E-state index in [1.54, 1.807) is 14.2 Å². The summed E-state index contributed by atoms with van der Waals surface area (Å²) in [6.07, 6.45) is 17.2. The number of methoxy groups -OCH3 is 2. The first-order valence-corrected chi connectivity index (χ1v) is 23.3. The van der Waals surface area contributed by atoms with Crippen molar-refractivity contribution in [3.8, 4) is 11.5 Å². The Hall–Kier alpha value is -4.75. The van der Waals surface area contributed by atoms with Crippen molar-refractivity contribution in [1.29, 1.82) is 0 Å². The molecule has 12 heteroatoms. The fourth-order valence-corrected chi connectivity index (χ4v) is 8.43. The average Bonchev–Trinajstić information content (AvgIpc) is 3.61. The molecule has 1 aromatic heterocycles. The lowest BCUT2D eigenvalue weighted by Gasteiger charge is -2.37. The van der Waals surface area contributed by atoms with Crippen LogP contribution in [0.2, 0.25) is 0 Å². The number of hydrogen-bond acceptors (Lipinski definition) is 9. The number of aliphatic hydroxyl groups is 1. The molecule has 3 N–H and O–H groups in total. The van der Waals surface area contributed by atoms with Crippen molar-refractivity contribution in [2.24, 2.45) is 0 Å². The van der Waals surface area contributed by atoms with Gasteiger partial charge in [-0.2, -0.15) is 0 Å². The monoisotopic (exact) mass is 870 g/mol. The van der Waals surface area contributed by atoms with Gasteiger partial charge in [-0.3, -0.25) is 19.1 Å². The van der Waals surface area contributed by atoms with Crippen LogP contribution in [0.5, 0.6) is 11.5 Å². The van der Waals surface area contributed by atoms with Crippen molar-refractivity contribution in [2.45, 2.75) is 146 Å². The molecule has 344 valence electrons. The molecular formula is C51H71N3O9. The van der Waals surface area contributed by atoms with E-state index in [1.165, 1.54) is 93.9 Å². The number of unbranched alkanes of at least 4 members (excludes halogenated alkanes) is 14. The van der Waals surface area contributed by atoms with Gasteiger partial charge in [0.1, 0.15) is 35.4 Å². The van der Waals surface area contributed by atoms with E-state index in [1.807, 2.05) is 78.9 Å². The van der Waals surface area contributed by atoms with Crippen molar-refractivity contribution in [2.75, 3.05) is 34.0 Å². The minimum absolute atomic E-state index is 0.0134. The standard InChI is InChI=1S/C51H71N3O9/c1-4-5-6-7-8-9-10-11-12-13-14-15-16-17-21-25-45(55)52-35-22-37-61-48-47(57)44(63-49(48)54-36-34-46(56)53-50(54)58)38-62-51(39-23-19-18-20-24-39,40-26-30-42(59-2)31-27-40)41-28-32-43(60-3)33-29-41/h18-20,23-24,26-34,36,44,47-49,57H,4-17,21-22,25,35,37-38H2,1-3H3,(H,52,55)(H,53,56,58)/t44-,47+,48?,49-/m1/s1. The van der Waals surface area contributed by atoms with Gasteiger partial charge in [-0.25, -0.2) is 4.79 Å². The second-order valence-electron chi connectivity index (χ2n) is 16.6. The molecule has 4 atom stereocenters. The van der Waals surface area contributed by atoms with Crippen LogP contribution in [0.25, 0.3) is 0 Å². The summed E-state index contributed by atoms with van der Waals surface area (Å²) in [7, 11) is 3.22. The number of rotatable bonds is 30. The van der Waals surface area contributed by atoms with Crippen LogP contribution in [0.3, 0.4) is 0 Å². The number of nitrogens with zero attached hydrogens (tertiary/aromatic N) is 1. The van der Waals surface area contributed by atoms with E-state index in [-0.39, 0.29) is 19.1 Å². The van der Waals surface area contributed by atoms with Gasteiger partial charge in [-0.1, -0.05) is 151 Å². The highest BCUT2D eigenvalue weighted by atomic mass is 16.6. The summed E-state index contributed by atoms with van der Waals surface area (Å²) in [5.74, 6) is 1.37. The second-order valence-corrected chi connectivity index (χ2v) is 16.6. The topological polar surface area (TPSA) is 150 Å². The smallest absolute Gasteiger partial charge is 0.330 e. The van der Waals surface area contributed by atoms with Gasteiger partial charge in [0.2, 0.25) is 5.91 Å². The number of carbonyl (C=O) groups is 1. The van der Waals surface area contributed by atoms with Gasteiger partial charge in [-0.15, -0.1) is 0 Å². The highest BCUT2D eigenvalue weighted by Crippen LogP contribution is 2.43. The third kappa shape index (κ3) is 14.6. The number of amides is 1. The summed E-state index contributed by atoms with van der Waals surface area (Å²) in [6, 6.07) is 26.2. The normalized spacial score (nSPS) is 17.5. The molecule has 5 rings (SSSR count). The Kier molecular flexibility index (Phi) is 20.9. The van der Waals surface area contributed by atoms with E-state index >= 15 is 0 Å². The van der Waals surface area contributed by atoms with Crippen molar-refractivity contribution < 1.29 is 33.6 Å². The molecule has 12 nitrogen and oxygen atoms in total. The summed E-state index contributed by atoms with van der Waals surface area (Å²) in [4.78, 5) is 39.9. The zero-order valence-electron chi connectivity index (χ0n) is 37.8. The molecular weight excluding hydrogens is 799 g/mol. The molecule has 4 aromatic rings. The Balaban J connectivity index is 1.15. The van der Waals surface area contributed by atoms with Crippen molar-refractivity contribution in [1.82, 2.24) is 14.9 Å². The van der Waals surface area contributed by atoms with E-state index in [4.69, 9.17) is 23.7 Å². The van der Waals surface area contributed by atoms with Gasteiger partial charge in [0.15, 0.2) is 6.23 Å². The lowest BCUT2D eigenvalue weighted by molar-refractivity contribution is -0.121. The van der Waals surface area contributed by atoms with Crippen molar-refractivity contribution in [3.63, 3.8) is 0 Å². The number of hydrogen-bond donors (Lipinski definition) is 3. The molecule has 0 radical (unpaired) electrons. The number of aliphatic hydroxyl groups excluding tert-OH is 1. The minimum atomic E-state index is -1.23. The number of benzene rings is 3. The Morgan fingerprint density at radius 3 is 1.76 bits per heavy atom. The maximum Gasteiger partial charge on any atom is 0.330 e. The van der Waals surface area contributed by atoms with E-state index in [9.17, 15) is 19.5 Å². The van der Waals surface area contributed by atoms with E-state index < -0.39 is 41.4 Å². The number of carbonyl (C=O) groups excluding carboxylic acids is 1. The maximum atomic E-state index is 13.1. The van der Waals surface area contributed by atoms with Crippen LogP contribution in [-0.4, -0.2) is 72.9 Å². The predicted molar refractivity (Wildman–Crippen MR) is 246 cm³/mol. The molecule has 1 aliphatic heterocycles. The second kappa shape index (κ2) is 26.8. The fraction of sp³-hybridized carbons (Fsp3) is 0.549. The van der Waals surface area contributed by atoms with Gasteiger partial charge in [0.25, 0.3) is 5.56 Å². The lowest BCUT2D eigenvalue weighted by atomic mass is 9.80. The van der Waals surface area contributed by atoms with Crippen LogP contribution in [0.1, 0.15) is 139 Å². The third-order valence-electron chi connectivity index (χ3n) is 12.0. The quantitative estimate of drug-likeness (QED) is 0.0345. The van der Waals surface area contributed by atoms with Gasteiger partial charge in [0.05, 0.1) is 20.8 Å². The summed E-state index contributed by atoms with van der Waals surface area (Å²) < 4.78 is 31.8. The molecule has 1 amide bonds. The molecule has 1 unspecified atom stereocenters. The van der Waals surface area contributed by atoms with Crippen LogP contribution in [-0.2, 0) is 24.6 Å². The molecule has 2 heterocycles. The van der Waals surface area contributed by atoms with Crippen LogP contribution in [0.4, 0.5) is 0 Å². The summed E-state index contributed by atoms with van der Waals surface area (Å²) in [5, 5.41) is 14.8. The van der Waals surface area contributed by atoms with Gasteiger partial charge >= 0.3 is 5.69 Å². The molecule has 1 saturated heterocycles. The van der Waals surface area contributed by atoms with Crippen molar-refractivity contribution >= 4 is 5.91 Å². The number of ether oxygens (including phenoxy) is 5. The van der Waals surface area contributed by atoms with Gasteiger partial charge in [-0.05, 0) is 53.8 Å². The largest absolute Gasteiger partial charge is 0.497 e. The molecule has 3 aromatic carbocycles. The van der Waals surface area contributed by atoms with E-state index in [0.29, 0.717) is 30.9 Å². The van der Waals surface area contributed by atoms with Crippen molar-refractivity contribution in [3.05, 3.63) is 129 Å². The summed E-state index contributed by atoms with van der Waals surface area (Å²) in [5.41, 5.74) is -0.00734. The fourth-order valence-electron chi connectivity index (χ4n) is 8.43. The number of H-pyrrole nitrogens is 1. The van der Waals surface area contributed by atoms with E-state index in [2.05, 4.69) is 17.2 Å². The Morgan fingerprint density at radius 1 is 0.714 bits per heavy atom. The van der Waals surface area contributed by atoms with Crippen LogP contribution in [0.15, 0.2) is 101 Å². The summed E-state index contributed by atoms with van der Waals surface area (Å²) >= 11 is 0. The molecule has 63 heavy (non-hydrogen) atoms. The molecule has 0 saturated carbocycles. The Morgan fingerprint density at radius 2 is 1.24 bits per heavy atom. The Labute approximate surface area is 373 Å². The highest BCUT2D eigenvalue weighted by Gasteiger charge is 2.48. The number of nitrogens with one attached hydrogen (secondary N) is 2. The zero-order valence-corrected chi connectivity index (χ0v) is 37.8. The number of aromatic nitrogens is 2. The molecule has 0 spiro atoms. The highest BCUT2D eigenvalue weighted by molar-refractivity contribution is 5.75. The first-order valence-electron chi connectivity index (χ1n) is 23.3. The minimum Gasteiger partial charge on any atom is -0.497 e.